The molecule has 0 aromatic carbocycles. The van der Waals surface area contributed by atoms with Crippen molar-refractivity contribution in [2.24, 2.45) is 0 Å². The average molecular weight is 334 g/mol. The zero-order valence-corrected chi connectivity index (χ0v) is 15.4. The predicted molar refractivity (Wildman–Crippen MR) is 104 cm³/mol. The molecule has 0 aliphatic rings. The molecule has 0 saturated carbocycles. The Kier molecular flexibility index (Phi) is 16.5. The van der Waals surface area contributed by atoms with Gasteiger partial charge in [-0.05, 0) is 39.0 Å². The maximum absolute atomic E-state index is 11.4. The Morgan fingerprint density at radius 2 is 1.46 bits per heavy atom. The van der Waals surface area contributed by atoms with E-state index in [0.717, 1.165) is 19.3 Å². The van der Waals surface area contributed by atoms with Gasteiger partial charge in [0.1, 0.15) is 0 Å². The molecule has 0 radical (unpaired) electrons. The normalized spacial score (nSPS) is 13.6. The Hall–Kier alpha value is -1.61. The summed E-state index contributed by atoms with van der Waals surface area (Å²) in [6, 6.07) is -0.177. The number of unbranched alkanes of at least 4 members (excludes halogenated alkanes) is 3. The topological polar surface area (TPSA) is 49.3 Å². The molecule has 3 nitrogen and oxygen atoms in total. The highest BCUT2D eigenvalue weighted by Crippen LogP contribution is 2.00. The number of nitrogens with one attached hydrogen (secondary N) is 1. The van der Waals surface area contributed by atoms with Crippen LogP contribution >= 0.6 is 0 Å². The highest BCUT2D eigenvalue weighted by atomic mass is 16.3. The molecular formula is C21H35NO2. The summed E-state index contributed by atoms with van der Waals surface area (Å²) in [6.07, 6.45) is 25.3. The summed E-state index contributed by atoms with van der Waals surface area (Å²) in [5.74, 6) is -0.0533. The molecule has 0 aromatic heterocycles. The molecule has 0 aromatic rings. The maximum Gasteiger partial charge on any atom is 0.224 e. The van der Waals surface area contributed by atoms with Gasteiger partial charge in [0.15, 0.2) is 0 Å². The Bertz CT molecular complexity index is 408. The molecule has 0 bridgehead atoms. The minimum Gasteiger partial charge on any atom is -0.394 e. The lowest BCUT2D eigenvalue weighted by molar-refractivity contribution is -0.121. The molecule has 3 heteroatoms. The number of aliphatic hydroxyl groups is 1. The van der Waals surface area contributed by atoms with Crippen LogP contribution in [0.3, 0.4) is 0 Å². The summed E-state index contributed by atoms with van der Waals surface area (Å²) in [4.78, 5) is 11.4. The van der Waals surface area contributed by atoms with Crippen molar-refractivity contribution in [1.82, 2.24) is 5.32 Å². The van der Waals surface area contributed by atoms with Crippen LogP contribution in [-0.2, 0) is 4.79 Å². The molecule has 0 fully saturated rings. The Morgan fingerprint density at radius 1 is 0.917 bits per heavy atom. The fourth-order valence-electron chi connectivity index (χ4n) is 2.01. The Labute approximate surface area is 148 Å². The van der Waals surface area contributed by atoms with E-state index in [9.17, 15) is 4.79 Å². The first-order valence-electron chi connectivity index (χ1n) is 9.20. The van der Waals surface area contributed by atoms with Crippen molar-refractivity contribution >= 4 is 5.91 Å². The molecule has 0 unspecified atom stereocenters. The van der Waals surface area contributed by atoms with E-state index < -0.39 is 0 Å². The molecule has 0 rings (SSSR count). The smallest absolute Gasteiger partial charge is 0.224 e. The fraction of sp³-hybridized carbons (Fsp3) is 0.571. The average Bonchev–Trinajstić information content (AvgIpc) is 2.58. The molecule has 0 aliphatic carbocycles. The van der Waals surface area contributed by atoms with Crippen LogP contribution in [0.25, 0.3) is 0 Å². The van der Waals surface area contributed by atoms with Gasteiger partial charge >= 0.3 is 0 Å². The van der Waals surface area contributed by atoms with Crippen molar-refractivity contribution in [3.63, 3.8) is 0 Å². The zero-order valence-electron chi connectivity index (χ0n) is 15.4. The van der Waals surface area contributed by atoms with Crippen molar-refractivity contribution in [3.05, 3.63) is 48.6 Å². The molecular weight excluding hydrogens is 298 g/mol. The molecule has 0 spiro atoms. The molecule has 24 heavy (non-hydrogen) atoms. The Balaban J connectivity index is 3.56. The van der Waals surface area contributed by atoms with Crippen molar-refractivity contribution in [3.8, 4) is 0 Å². The lowest BCUT2D eigenvalue weighted by atomic mass is 10.2. The van der Waals surface area contributed by atoms with Gasteiger partial charge in [-0.15, -0.1) is 0 Å². The van der Waals surface area contributed by atoms with Crippen molar-refractivity contribution in [2.75, 3.05) is 6.61 Å². The van der Waals surface area contributed by atoms with E-state index in [1.54, 1.807) is 6.92 Å². The number of hydrogen-bond donors (Lipinski definition) is 2. The van der Waals surface area contributed by atoms with Gasteiger partial charge in [0.25, 0.3) is 0 Å². The minimum atomic E-state index is -0.177. The molecule has 0 saturated heterocycles. The molecule has 2 N–H and O–H groups in total. The third-order valence-electron chi connectivity index (χ3n) is 3.44. The summed E-state index contributed by atoms with van der Waals surface area (Å²) in [5, 5.41) is 11.5. The number of aliphatic hydroxyl groups excluding tert-OH is 1. The van der Waals surface area contributed by atoms with E-state index in [1.165, 1.54) is 25.7 Å². The maximum atomic E-state index is 11.4. The third-order valence-corrected chi connectivity index (χ3v) is 3.44. The van der Waals surface area contributed by atoms with Crippen LogP contribution in [0.5, 0.6) is 0 Å². The van der Waals surface area contributed by atoms with E-state index in [2.05, 4.69) is 48.7 Å². The van der Waals surface area contributed by atoms with Crippen LogP contribution in [0.2, 0.25) is 0 Å². The highest BCUT2D eigenvalue weighted by Gasteiger charge is 2.02. The van der Waals surface area contributed by atoms with Crippen LogP contribution in [-0.4, -0.2) is 23.7 Å². The van der Waals surface area contributed by atoms with Crippen LogP contribution in [0.1, 0.15) is 65.2 Å². The van der Waals surface area contributed by atoms with Crippen LogP contribution < -0.4 is 5.32 Å². The monoisotopic (exact) mass is 333 g/mol. The lowest BCUT2D eigenvalue weighted by Gasteiger charge is -2.08. The first kappa shape index (κ1) is 22.4. The van der Waals surface area contributed by atoms with Gasteiger partial charge in [0.05, 0.1) is 6.61 Å². The van der Waals surface area contributed by atoms with Crippen LogP contribution in [0.15, 0.2) is 48.6 Å². The highest BCUT2D eigenvalue weighted by molar-refractivity contribution is 5.77. The first-order chi connectivity index (χ1) is 11.7. The van der Waals surface area contributed by atoms with Gasteiger partial charge in [0, 0.05) is 12.5 Å². The zero-order chi connectivity index (χ0) is 17.9. The van der Waals surface area contributed by atoms with Crippen LogP contribution in [0, 0.1) is 0 Å². The number of carbonyl (C=O) groups is 1. The quantitative estimate of drug-likeness (QED) is 0.353. The number of rotatable bonds is 14. The second-order valence-electron chi connectivity index (χ2n) is 5.94. The fourth-order valence-corrected chi connectivity index (χ4v) is 2.01. The molecule has 1 atom stereocenters. The molecule has 136 valence electrons. The largest absolute Gasteiger partial charge is 0.394 e. The molecule has 1 amide bonds. The van der Waals surface area contributed by atoms with E-state index in [1.807, 2.05) is 12.2 Å². The summed E-state index contributed by atoms with van der Waals surface area (Å²) < 4.78 is 0. The minimum absolute atomic E-state index is 0.0274. The number of carbonyl (C=O) groups excluding carboxylic acids is 1. The van der Waals surface area contributed by atoms with E-state index >= 15 is 0 Å². The summed E-state index contributed by atoms with van der Waals surface area (Å²) in [6.45, 7) is 3.98. The summed E-state index contributed by atoms with van der Waals surface area (Å²) >= 11 is 0. The van der Waals surface area contributed by atoms with Gasteiger partial charge in [-0.1, -0.05) is 68.4 Å². The van der Waals surface area contributed by atoms with Crippen molar-refractivity contribution < 1.29 is 9.90 Å². The van der Waals surface area contributed by atoms with Crippen LogP contribution in [0.4, 0.5) is 0 Å². The SMILES string of the molecule is CCCCC/C=C\C/C=C\C/C=C\C/C=C\CC(=O)N[C@H](C)CO. The standard InChI is InChI=1S/C21H35NO2/c1-3-4-5-6-7-8-9-10-11-12-13-14-15-16-17-18-21(24)22-20(2)19-23/h7-8,10-11,13-14,16-17,20,23H,3-6,9,12,15,18-19H2,1-2H3,(H,22,24)/b8-7-,11-10-,14-13-,17-16-/t20-/m1/s1. The molecule has 0 aliphatic heterocycles. The third kappa shape index (κ3) is 16.8. The lowest BCUT2D eigenvalue weighted by Crippen LogP contribution is -2.34. The van der Waals surface area contributed by atoms with Gasteiger partial charge in [-0.25, -0.2) is 0 Å². The summed E-state index contributed by atoms with van der Waals surface area (Å²) in [5.41, 5.74) is 0. The van der Waals surface area contributed by atoms with E-state index in [4.69, 9.17) is 5.11 Å². The van der Waals surface area contributed by atoms with Gasteiger partial charge in [0.2, 0.25) is 5.91 Å². The van der Waals surface area contributed by atoms with E-state index in [-0.39, 0.29) is 18.6 Å². The first-order valence-corrected chi connectivity index (χ1v) is 9.20. The predicted octanol–water partition coefficient (Wildman–Crippen LogP) is 4.85. The van der Waals surface area contributed by atoms with Crippen molar-refractivity contribution in [1.29, 1.82) is 0 Å². The second-order valence-corrected chi connectivity index (χ2v) is 5.94. The molecule has 0 heterocycles. The number of allylic oxidation sites excluding steroid dienone is 7. The Morgan fingerprint density at radius 3 is 2.00 bits per heavy atom. The van der Waals surface area contributed by atoms with Gasteiger partial charge < -0.3 is 10.4 Å². The number of hydrogen-bond acceptors (Lipinski definition) is 2. The summed E-state index contributed by atoms with van der Waals surface area (Å²) in [7, 11) is 0. The number of amides is 1. The second kappa shape index (κ2) is 17.7. The van der Waals surface area contributed by atoms with E-state index in [0.29, 0.717) is 6.42 Å². The van der Waals surface area contributed by atoms with Gasteiger partial charge in [-0.3, -0.25) is 4.79 Å². The van der Waals surface area contributed by atoms with Gasteiger partial charge in [-0.2, -0.15) is 0 Å². The van der Waals surface area contributed by atoms with Crippen molar-refractivity contribution in [2.45, 2.75) is 71.3 Å².